The number of hydrogen-bond acceptors (Lipinski definition) is 5. The summed E-state index contributed by atoms with van der Waals surface area (Å²) in [5.41, 5.74) is 1.63. The number of carbonyl (C=O) groups is 2. The second kappa shape index (κ2) is 8.33. The first-order chi connectivity index (χ1) is 13.7. The van der Waals surface area contributed by atoms with E-state index in [4.69, 9.17) is 14.2 Å². The quantitative estimate of drug-likeness (QED) is 0.747. The number of benzene rings is 2. The molecule has 28 heavy (non-hydrogen) atoms. The number of esters is 1. The van der Waals surface area contributed by atoms with Gasteiger partial charge < -0.3 is 19.5 Å². The topological polar surface area (TPSA) is 73.9 Å². The SMILES string of the molecule is O=C(CCc1ccc2c(c1)OCCO2)O[C@@H](C(=O)NC1CC1)c1ccccc1. The average molecular weight is 381 g/mol. The molecule has 1 fully saturated rings. The summed E-state index contributed by atoms with van der Waals surface area (Å²) in [6.07, 6.45) is 1.71. The molecule has 0 aromatic heterocycles. The molecule has 0 bridgehead atoms. The Kier molecular flexibility index (Phi) is 5.46. The van der Waals surface area contributed by atoms with Crippen LogP contribution in [0.4, 0.5) is 0 Å². The molecule has 1 N–H and O–H groups in total. The molecule has 0 unspecified atom stereocenters. The van der Waals surface area contributed by atoms with Gasteiger partial charge in [-0.1, -0.05) is 36.4 Å². The Hall–Kier alpha value is -3.02. The Morgan fingerprint density at radius 2 is 1.79 bits per heavy atom. The van der Waals surface area contributed by atoms with E-state index in [1.807, 2.05) is 36.4 Å². The first kappa shape index (κ1) is 18.3. The van der Waals surface area contributed by atoms with Crippen LogP contribution in [-0.4, -0.2) is 31.1 Å². The molecule has 0 saturated heterocycles. The molecule has 6 heteroatoms. The number of nitrogens with one attached hydrogen (secondary N) is 1. The predicted octanol–water partition coefficient (Wildman–Crippen LogP) is 2.95. The van der Waals surface area contributed by atoms with Gasteiger partial charge in [0.05, 0.1) is 0 Å². The van der Waals surface area contributed by atoms with Crippen molar-refractivity contribution in [2.75, 3.05) is 13.2 Å². The van der Waals surface area contributed by atoms with Crippen LogP contribution in [0, 0.1) is 0 Å². The van der Waals surface area contributed by atoms with Gasteiger partial charge in [0.25, 0.3) is 5.91 Å². The summed E-state index contributed by atoms with van der Waals surface area (Å²) in [6.45, 7) is 1.07. The molecule has 6 nitrogen and oxygen atoms in total. The fourth-order valence-corrected chi connectivity index (χ4v) is 3.09. The maximum atomic E-state index is 12.5. The highest BCUT2D eigenvalue weighted by Crippen LogP contribution is 2.31. The standard InChI is InChI=1S/C22H23NO5/c24-20(11-7-15-6-10-18-19(14-15)27-13-12-26-18)28-21(16-4-2-1-3-5-16)22(25)23-17-8-9-17/h1-6,10,14,17,21H,7-9,11-13H2,(H,23,25)/t21-/m1/s1. The van der Waals surface area contributed by atoms with E-state index in [1.54, 1.807) is 12.1 Å². The predicted molar refractivity (Wildman–Crippen MR) is 102 cm³/mol. The fraction of sp³-hybridized carbons (Fsp3) is 0.364. The molecule has 2 aromatic rings. The summed E-state index contributed by atoms with van der Waals surface area (Å²) in [6, 6.07) is 15.0. The van der Waals surface area contributed by atoms with Crippen molar-refractivity contribution < 1.29 is 23.8 Å². The highest BCUT2D eigenvalue weighted by molar-refractivity contribution is 5.85. The van der Waals surface area contributed by atoms with Crippen molar-refractivity contribution >= 4 is 11.9 Å². The fourth-order valence-electron chi connectivity index (χ4n) is 3.09. The number of hydrogen-bond donors (Lipinski definition) is 1. The van der Waals surface area contributed by atoms with Crippen LogP contribution in [0.25, 0.3) is 0 Å². The maximum Gasteiger partial charge on any atom is 0.307 e. The second-order valence-electron chi connectivity index (χ2n) is 7.04. The smallest absolute Gasteiger partial charge is 0.307 e. The largest absolute Gasteiger partial charge is 0.486 e. The van der Waals surface area contributed by atoms with Gasteiger partial charge in [-0.2, -0.15) is 0 Å². The Morgan fingerprint density at radius 3 is 2.54 bits per heavy atom. The van der Waals surface area contributed by atoms with E-state index >= 15 is 0 Å². The van der Waals surface area contributed by atoms with E-state index in [0.717, 1.165) is 24.2 Å². The minimum absolute atomic E-state index is 0.180. The van der Waals surface area contributed by atoms with Gasteiger partial charge in [0.15, 0.2) is 11.5 Å². The summed E-state index contributed by atoms with van der Waals surface area (Å²) >= 11 is 0. The Bertz CT molecular complexity index is 847. The van der Waals surface area contributed by atoms with Crippen molar-refractivity contribution in [2.45, 2.75) is 37.8 Å². The number of fused-ring (bicyclic) bond motifs is 1. The molecular formula is C22H23NO5. The molecule has 1 aliphatic heterocycles. The van der Waals surface area contributed by atoms with Crippen molar-refractivity contribution in [3.8, 4) is 11.5 Å². The number of amides is 1. The second-order valence-corrected chi connectivity index (χ2v) is 7.04. The normalized spacial score (nSPS) is 16.1. The monoisotopic (exact) mass is 381 g/mol. The van der Waals surface area contributed by atoms with E-state index in [2.05, 4.69) is 5.32 Å². The third kappa shape index (κ3) is 4.63. The summed E-state index contributed by atoms with van der Waals surface area (Å²) in [7, 11) is 0. The van der Waals surface area contributed by atoms with Crippen molar-refractivity contribution in [1.29, 1.82) is 0 Å². The third-order valence-corrected chi connectivity index (χ3v) is 4.74. The minimum Gasteiger partial charge on any atom is -0.486 e. The molecule has 1 aliphatic carbocycles. The molecule has 1 heterocycles. The zero-order chi connectivity index (χ0) is 19.3. The Balaban J connectivity index is 1.38. The van der Waals surface area contributed by atoms with Crippen molar-refractivity contribution in [1.82, 2.24) is 5.32 Å². The van der Waals surface area contributed by atoms with Crippen LogP contribution in [0.1, 0.15) is 36.5 Å². The lowest BCUT2D eigenvalue weighted by Gasteiger charge is -2.19. The third-order valence-electron chi connectivity index (χ3n) is 4.74. The van der Waals surface area contributed by atoms with E-state index in [1.165, 1.54) is 0 Å². The average Bonchev–Trinajstić information content (AvgIpc) is 3.55. The van der Waals surface area contributed by atoms with Gasteiger partial charge in [-0.25, -0.2) is 0 Å². The Morgan fingerprint density at radius 1 is 1.04 bits per heavy atom. The first-order valence-corrected chi connectivity index (χ1v) is 9.62. The molecular weight excluding hydrogens is 358 g/mol. The molecule has 1 saturated carbocycles. The van der Waals surface area contributed by atoms with Crippen LogP contribution in [0.3, 0.4) is 0 Å². The first-order valence-electron chi connectivity index (χ1n) is 9.62. The van der Waals surface area contributed by atoms with Crippen LogP contribution < -0.4 is 14.8 Å². The van der Waals surface area contributed by atoms with Gasteiger partial charge in [-0.15, -0.1) is 0 Å². The van der Waals surface area contributed by atoms with Gasteiger partial charge in [0.2, 0.25) is 6.10 Å². The van der Waals surface area contributed by atoms with Crippen molar-refractivity contribution in [2.24, 2.45) is 0 Å². The van der Waals surface area contributed by atoms with Gasteiger partial charge in [0, 0.05) is 18.0 Å². The van der Waals surface area contributed by atoms with Crippen molar-refractivity contribution in [3.63, 3.8) is 0 Å². The van der Waals surface area contributed by atoms with E-state index in [9.17, 15) is 9.59 Å². The molecule has 0 radical (unpaired) electrons. The summed E-state index contributed by atoms with van der Waals surface area (Å²) in [5, 5.41) is 2.92. The summed E-state index contributed by atoms with van der Waals surface area (Å²) in [5.74, 6) is 0.748. The van der Waals surface area contributed by atoms with Crippen LogP contribution in [-0.2, 0) is 20.7 Å². The van der Waals surface area contributed by atoms with Crippen molar-refractivity contribution in [3.05, 3.63) is 59.7 Å². The summed E-state index contributed by atoms with van der Waals surface area (Å²) < 4.78 is 16.6. The Labute approximate surface area is 163 Å². The zero-order valence-electron chi connectivity index (χ0n) is 15.6. The molecule has 0 spiro atoms. The number of carbonyl (C=O) groups excluding carboxylic acids is 2. The van der Waals surface area contributed by atoms with E-state index in [0.29, 0.717) is 30.9 Å². The highest BCUT2D eigenvalue weighted by Gasteiger charge is 2.30. The number of aryl methyl sites for hydroxylation is 1. The molecule has 4 rings (SSSR count). The molecule has 146 valence electrons. The molecule has 1 amide bonds. The lowest BCUT2D eigenvalue weighted by Crippen LogP contribution is -2.33. The lowest BCUT2D eigenvalue weighted by atomic mass is 10.1. The van der Waals surface area contributed by atoms with E-state index in [-0.39, 0.29) is 18.4 Å². The highest BCUT2D eigenvalue weighted by atomic mass is 16.6. The molecule has 2 aliphatic rings. The number of ether oxygens (including phenoxy) is 3. The van der Waals surface area contributed by atoms with Gasteiger partial charge in [-0.05, 0) is 37.0 Å². The van der Waals surface area contributed by atoms with Crippen LogP contribution in [0.2, 0.25) is 0 Å². The van der Waals surface area contributed by atoms with Gasteiger partial charge >= 0.3 is 5.97 Å². The molecule has 1 atom stereocenters. The lowest BCUT2D eigenvalue weighted by molar-refractivity contribution is -0.156. The minimum atomic E-state index is -0.922. The van der Waals surface area contributed by atoms with Crippen LogP contribution >= 0.6 is 0 Å². The molecule has 2 aromatic carbocycles. The van der Waals surface area contributed by atoms with Crippen LogP contribution in [0.5, 0.6) is 11.5 Å². The van der Waals surface area contributed by atoms with Gasteiger partial charge in [-0.3, -0.25) is 9.59 Å². The number of rotatable bonds is 7. The van der Waals surface area contributed by atoms with Crippen LogP contribution in [0.15, 0.2) is 48.5 Å². The maximum absolute atomic E-state index is 12.5. The zero-order valence-corrected chi connectivity index (χ0v) is 15.6. The summed E-state index contributed by atoms with van der Waals surface area (Å²) in [4.78, 5) is 25.0. The van der Waals surface area contributed by atoms with E-state index < -0.39 is 12.1 Å². The van der Waals surface area contributed by atoms with Gasteiger partial charge in [0.1, 0.15) is 13.2 Å².